The summed E-state index contributed by atoms with van der Waals surface area (Å²) in [4.78, 5) is 35.4. The van der Waals surface area contributed by atoms with Gasteiger partial charge < -0.3 is 18.9 Å². The Morgan fingerprint density at radius 2 is 0.947 bits per heavy atom. The number of nitrogens with zero attached hydrogens (tertiary/aromatic N) is 1. The molecule has 0 bridgehead atoms. The third-order valence-electron chi connectivity index (χ3n) is 9.89. The minimum absolute atomic E-state index is 0.0287. The first-order valence-corrected chi connectivity index (χ1v) is 24.7. The third-order valence-corrected chi connectivity index (χ3v) is 10.9. The molecule has 0 spiro atoms. The highest BCUT2D eigenvalue weighted by atomic mass is 31.2. The van der Waals surface area contributed by atoms with Crippen LogP contribution in [0.3, 0.4) is 0 Å². The van der Waals surface area contributed by atoms with Crippen molar-refractivity contribution in [3.8, 4) is 0 Å². The van der Waals surface area contributed by atoms with E-state index in [4.69, 9.17) is 18.5 Å². The van der Waals surface area contributed by atoms with E-state index in [9.17, 15) is 19.0 Å². The molecule has 334 valence electrons. The predicted octanol–water partition coefficient (Wildman–Crippen LogP) is 13.3. The molecule has 0 amide bonds. The molecule has 0 aromatic rings. The van der Waals surface area contributed by atoms with E-state index < -0.39 is 26.5 Å². The Bertz CT molecular complexity index is 1070. The highest BCUT2D eigenvalue weighted by molar-refractivity contribution is 7.47. The zero-order chi connectivity index (χ0) is 42.1. The van der Waals surface area contributed by atoms with Gasteiger partial charge in [0.1, 0.15) is 19.8 Å². The maximum Gasteiger partial charge on any atom is 0.472 e. The fraction of sp³-hybridized carbons (Fsp3) is 0.830. The zero-order valence-electron chi connectivity index (χ0n) is 37.6. The molecule has 57 heavy (non-hydrogen) atoms. The van der Waals surface area contributed by atoms with Crippen LogP contribution in [0.1, 0.15) is 200 Å². The summed E-state index contributed by atoms with van der Waals surface area (Å²) in [5.41, 5.74) is 0. The van der Waals surface area contributed by atoms with E-state index in [-0.39, 0.29) is 32.0 Å². The van der Waals surface area contributed by atoms with Gasteiger partial charge in [0.2, 0.25) is 0 Å². The van der Waals surface area contributed by atoms with Crippen molar-refractivity contribution in [3.63, 3.8) is 0 Å². The minimum atomic E-state index is -4.38. The first-order valence-electron chi connectivity index (χ1n) is 23.2. The highest BCUT2D eigenvalue weighted by Crippen LogP contribution is 2.43. The van der Waals surface area contributed by atoms with Crippen molar-refractivity contribution in [2.75, 3.05) is 47.5 Å². The summed E-state index contributed by atoms with van der Waals surface area (Å²) in [6, 6.07) is 0. The average Bonchev–Trinajstić information content (AvgIpc) is 3.16. The van der Waals surface area contributed by atoms with Crippen molar-refractivity contribution in [2.45, 2.75) is 206 Å². The lowest BCUT2D eigenvalue weighted by Crippen LogP contribution is -2.37. The zero-order valence-corrected chi connectivity index (χ0v) is 38.5. The summed E-state index contributed by atoms with van der Waals surface area (Å²) < 4.78 is 34.3. The molecule has 2 unspecified atom stereocenters. The molecule has 0 saturated carbocycles. The molecule has 0 aromatic heterocycles. The van der Waals surface area contributed by atoms with Crippen LogP contribution in [0.5, 0.6) is 0 Å². The van der Waals surface area contributed by atoms with E-state index in [1.807, 2.05) is 21.1 Å². The number of hydrogen-bond donors (Lipinski definition) is 1. The van der Waals surface area contributed by atoms with Crippen LogP contribution in [0.4, 0.5) is 0 Å². The molecule has 1 N–H and O–H groups in total. The molecule has 0 fully saturated rings. The lowest BCUT2D eigenvalue weighted by Gasteiger charge is -2.24. The first kappa shape index (κ1) is 55.2. The van der Waals surface area contributed by atoms with Gasteiger partial charge in [-0.1, -0.05) is 153 Å². The predicted molar refractivity (Wildman–Crippen MR) is 238 cm³/mol. The topological polar surface area (TPSA) is 108 Å². The summed E-state index contributed by atoms with van der Waals surface area (Å²) in [5, 5.41) is 0. The summed E-state index contributed by atoms with van der Waals surface area (Å²) in [6.45, 7) is 4.39. The molecule has 0 saturated heterocycles. The number of hydrogen-bond acceptors (Lipinski definition) is 7. The van der Waals surface area contributed by atoms with Crippen molar-refractivity contribution in [2.24, 2.45) is 0 Å². The van der Waals surface area contributed by atoms with Crippen LogP contribution in [0.2, 0.25) is 0 Å². The number of likely N-dealkylation sites (N-methyl/N-ethyl adjacent to an activating group) is 1. The minimum Gasteiger partial charge on any atom is -0.462 e. The van der Waals surface area contributed by atoms with Crippen LogP contribution in [0, 0.1) is 0 Å². The van der Waals surface area contributed by atoms with E-state index in [0.29, 0.717) is 17.4 Å². The standard InChI is InChI=1S/C47H88NO8P/c1-6-8-10-12-14-16-18-20-22-23-24-26-28-30-32-34-36-38-40-47(50)56-45(44-55-57(51,52)54-42-41-48(3,4)5)43-53-46(49)39-37-35-33-31-29-27-25-21-19-17-15-13-11-9-7-2/h16,18,21-23,25,45H,6-15,17,19-20,24,26-44H2,1-5H3/p+1/b18-16-,23-22-,25-21-. The largest absolute Gasteiger partial charge is 0.472 e. The number of carbonyl (C=O) groups excluding carboxylic acids is 2. The maximum atomic E-state index is 12.7. The normalized spacial score (nSPS) is 13.9. The molecule has 0 aliphatic heterocycles. The van der Waals surface area contributed by atoms with Crippen LogP contribution >= 0.6 is 7.82 Å². The Kier molecular flexibility index (Phi) is 38.4. The molecule has 9 nitrogen and oxygen atoms in total. The molecular formula is C47H89NO8P+. The molecule has 0 aliphatic carbocycles. The number of phosphoric acid groups is 1. The molecular weight excluding hydrogens is 737 g/mol. The van der Waals surface area contributed by atoms with Gasteiger partial charge in [0.15, 0.2) is 6.10 Å². The van der Waals surface area contributed by atoms with Crippen LogP contribution in [0.15, 0.2) is 36.5 Å². The van der Waals surface area contributed by atoms with E-state index >= 15 is 0 Å². The van der Waals surface area contributed by atoms with Crippen molar-refractivity contribution >= 4 is 19.8 Å². The van der Waals surface area contributed by atoms with Crippen LogP contribution in [0.25, 0.3) is 0 Å². The van der Waals surface area contributed by atoms with Gasteiger partial charge in [-0.2, -0.15) is 0 Å². The number of quaternary nitrogens is 1. The second-order valence-electron chi connectivity index (χ2n) is 16.8. The number of rotatable bonds is 42. The van der Waals surface area contributed by atoms with Gasteiger partial charge in [-0.15, -0.1) is 0 Å². The number of allylic oxidation sites excluding steroid dienone is 6. The lowest BCUT2D eigenvalue weighted by atomic mass is 10.1. The van der Waals surface area contributed by atoms with Crippen molar-refractivity contribution in [3.05, 3.63) is 36.5 Å². The van der Waals surface area contributed by atoms with Crippen molar-refractivity contribution < 1.29 is 42.1 Å². The second kappa shape index (κ2) is 39.7. The highest BCUT2D eigenvalue weighted by Gasteiger charge is 2.27. The SMILES string of the molecule is CCCCCC/C=C\C/C=C\CCCCCCCCCC(=O)OC(COC(=O)CCCCCCC/C=C\CCCCCCCC)COP(=O)(O)OCC[N+](C)(C)C. The van der Waals surface area contributed by atoms with Crippen LogP contribution < -0.4 is 0 Å². The van der Waals surface area contributed by atoms with Gasteiger partial charge in [-0.3, -0.25) is 18.6 Å². The fourth-order valence-corrected chi connectivity index (χ4v) is 6.96. The summed E-state index contributed by atoms with van der Waals surface area (Å²) in [7, 11) is 1.47. The first-order chi connectivity index (χ1) is 27.5. The van der Waals surface area contributed by atoms with E-state index in [0.717, 1.165) is 70.6 Å². The van der Waals surface area contributed by atoms with Gasteiger partial charge in [0.05, 0.1) is 27.7 Å². The van der Waals surface area contributed by atoms with Crippen molar-refractivity contribution in [1.29, 1.82) is 0 Å². The Morgan fingerprint density at radius 1 is 0.544 bits per heavy atom. The Morgan fingerprint density at radius 3 is 1.42 bits per heavy atom. The van der Waals surface area contributed by atoms with Gasteiger partial charge in [0.25, 0.3) is 0 Å². The van der Waals surface area contributed by atoms with Gasteiger partial charge >= 0.3 is 19.8 Å². The van der Waals surface area contributed by atoms with Gasteiger partial charge in [-0.05, 0) is 70.6 Å². The molecule has 10 heteroatoms. The Labute approximate surface area is 351 Å². The molecule has 0 aromatic carbocycles. The van der Waals surface area contributed by atoms with E-state index in [1.54, 1.807) is 0 Å². The van der Waals surface area contributed by atoms with Crippen LogP contribution in [-0.4, -0.2) is 74.9 Å². The Hall–Kier alpha value is -1.77. The lowest BCUT2D eigenvalue weighted by molar-refractivity contribution is -0.870. The summed E-state index contributed by atoms with van der Waals surface area (Å²) in [5.74, 6) is -0.814. The summed E-state index contributed by atoms with van der Waals surface area (Å²) in [6.07, 6.45) is 44.7. The van der Waals surface area contributed by atoms with Gasteiger partial charge in [0, 0.05) is 12.8 Å². The maximum absolute atomic E-state index is 12.7. The number of ether oxygens (including phenoxy) is 2. The molecule has 2 atom stereocenters. The molecule has 0 heterocycles. The number of carbonyl (C=O) groups is 2. The molecule has 0 radical (unpaired) electrons. The molecule has 0 rings (SSSR count). The second-order valence-corrected chi connectivity index (χ2v) is 18.2. The number of phosphoric ester groups is 1. The smallest absolute Gasteiger partial charge is 0.462 e. The van der Waals surface area contributed by atoms with Crippen molar-refractivity contribution in [1.82, 2.24) is 0 Å². The van der Waals surface area contributed by atoms with E-state index in [2.05, 4.69) is 50.3 Å². The number of unbranched alkanes of at least 4 members (excludes halogenated alkanes) is 22. The average molecular weight is 827 g/mol. The van der Waals surface area contributed by atoms with Crippen LogP contribution in [-0.2, 0) is 32.7 Å². The van der Waals surface area contributed by atoms with Gasteiger partial charge in [-0.25, -0.2) is 4.57 Å². The fourth-order valence-electron chi connectivity index (χ4n) is 6.21. The number of esters is 2. The van der Waals surface area contributed by atoms with E-state index in [1.165, 1.54) is 96.3 Å². The third kappa shape index (κ3) is 43.6. The Balaban J connectivity index is 4.35. The monoisotopic (exact) mass is 827 g/mol. The summed E-state index contributed by atoms with van der Waals surface area (Å²) >= 11 is 0. The quantitative estimate of drug-likeness (QED) is 0.0213. The molecule has 0 aliphatic rings.